The molecule has 5 nitrogen and oxygen atoms in total. The Morgan fingerprint density at radius 3 is 2.00 bits per heavy atom. The number of hydrogen-bond acceptors (Lipinski definition) is 4. The quantitative estimate of drug-likeness (QED) is 0.135. The number of allylic oxidation sites excluding steroid dienone is 1. The molecule has 1 amide bonds. The number of carbonyl (C=O) groups is 2. The monoisotopic (exact) mass is 709 g/mol. The number of anilines is 1. The Labute approximate surface area is 290 Å². The van der Waals surface area contributed by atoms with Crippen LogP contribution in [0.25, 0.3) is 0 Å². The third-order valence-electron chi connectivity index (χ3n) is 9.91. The molecular weight excluding hydrogens is 649 g/mol. The van der Waals surface area contributed by atoms with E-state index in [1.807, 2.05) is 69.3 Å². The summed E-state index contributed by atoms with van der Waals surface area (Å²) in [5.41, 5.74) is 2.35. The van der Waals surface area contributed by atoms with Gasteiger partial charge in [-0.3, -0.25) is 0 Å². The zero-order valence-electron chi connectivity index (χ0n) is 30.1. The van der Waals surface area contributed by atoms with Crippen molar-refractivity contribution in [2.24, 2.45) is 17.8 Å². The summed E-state index contributed by atoms with van der Waals surface area (Å²) in [6.45, 7) is 16.5. The van der Waals surface area contributed by atoms with Crippen LogP contribution in [0.2, 0.25) is 0 Å². The molecule has 6 heteroatoms. The molecule has 3 rings (SSSR count). The molecule has 0 aromatic heterocycles. The third-order valence-corrected chi connectivity index (χ3v) is 13.0. The topological polar surface area (TPSA) is 86.6 Å². The standard InChI is InChI=1S/C41H59NO4Se/c1-28(2)17-14-18-29(3)19-15-20-30(4)21-16-26-40(8,45)27-36-33(7)41(46,32(6)31(5)38(36)43)47-37-25-13-12-24-35(37)39(44)42-34-22-10-9-11-23-34/h9-13,22-25,28-30,45-46H,14-21,26-27H2,1-8H3,(H,42,44). The van der Waals surface area contributed by atoms with E-state index in [1.165, 1.54) is 38.5 Å². The fourth-order valence-electron chi connectivity index (χ4n) is 6.57. The number of nitrogens with one attached hydrogen (secondary N) is 1. The summed E-state index contributed by atoms with van der Waals surface area (Å²) < 4.78 is -0.637. The molecule has 2 aromatic rings. The molecule has 0 saturated heterocycles. The summed E-state index contributed by atoms with van der Waals surface area (Å²) in [6.07, 6.45) is 10.5. The Morgan fingerprint density at radius 2 is 1.38 bits per heavy atom. The predicted octanol–water partition coefficient (Wildman–Crippen LogP) is 8.77. The van der Waals surface area contributed by atoms with Crippen LogP contribution in [0.1, 0.15) is 130 Å². The van der Waals surface area contributed by atoms with Gasteiger partial charge in [0, 0.05) is 0 Å². The van der Waals surface area contributed by atoms with Crippen LogP contribution in [0, 0.1) is 17.8 Å². The molecule has 0 aliphatic heterocycles. The van der Waals surface area contributed by atoms with Gasteiger partial charge >= 0.3 is 240 Å². The summed E-state index contributed by atoms with van der Waals surface area (Å²) in [5, 5.41) is 26.8. The van der Waals surface area contributed by atoms with E-state index in [4.69, 9.17) is 0 Å². The van der Waals surface area contributed by atoms with E-state index in [0.29, 0.717) is 45.9 Å². The molecule has 0 heterocycles. The summed E-state index contributed by atoms with van der Waals surface area (Å²) >= 11 is -0.619. The minimum atomic E-state index is -1.39. The second kappa shape index (κ2) is 17.8. The number of benzene rings is 2. The van der Waals surface area contributed by atoms with Crippen LogP contribution in [0.3, 0.4) is 0 Å². The second-order valence-electron chi connectivity index (χ2n) is 14.8. The fraction of sp³-hybridized carbons (Fsp3) is 0.561. The number of carbonyl (C=O) groups excluding carboxylic acids is 2. The van der Waals surface area contributed by atoms with Crippen LogP contribution < -0.4 is 9.78 Å². The maximum absolute atomic E-state index is 13.6. The van der Waals surface area contributed by atoms with Gasteiger partial charge < -0.3 is 0 Å². The van der Waals surface area contributed by atoms with E-state index in [2.05, 4.69) is 33.0 Å². The normalized spacial score (nSPS) is 19.6. The van der Waals surface area contributed by atoms with Crippen LogP contribution in [-0.4, -0.2) is 47.0 Å². The van der Waals surface area contributed by atoms with E-state index in [0.717, 1.165) is 29.1 Å². The third kappa shape index (κ3) is 11.3. The van der Waals surface area contributed by atoms with Gasteiger partial charge in [0.15, 0.2) is 0 Å². The number of Topliss-reactive ketones (excluding diaryl/α,β-unsaturated/α-hetero) is 1. The van der Waals surface area contributed by atoms with E-state index < -0.39 is 25.1 Å². The van der Waals surface area contributed by atoms with E-state index in [9.17, 15) is 19.8 Å². The Bertz CT molecular complexity index is 1410. The van der Waals surface area contributed by atoms with Gasteiger partial charge in [0.05, 0.1) is 0 Å². The molecule has 1 aliphatic rings. The molecule has 2 aromatic carbocycles. The fourth-order valence-corrected chi connectivity index (χ4v) is 9.34. The van der Waals surface area contributed by atoms with Crippen LogP contribution in [0.5, 0.6) is 0 Å². The van der Waals surface area contributed by atoms with Crippen molar-refractivity contribution in [3.05, 3.63) is 82.5 Å². The van der Waals surface area contributed by atoms with Crippen molar-refractivity contribution in [2.45, 2.75) is 130 Å². The van der Waals surface area contributed by atoms with Gasteiger partial charge in [-0.1, -0.05) is 40.0 Å². The van der Waals surface area contributed by atoms with Crippen molar-refractivity contribution in [1.29, 1.82) is 0 Å². The van der Waals surface area contributed by atoms with Gasteiger partial charge in [-0.25, -0.2) is 0 Å². The average molecular weight is 709 g/mol. The van der Waals surface area contributed by atoms with Crippen molar-refractivity contribution in [3.63, 3.8) is 0 Å². The molecule has 0 saturated carbocycles. The first-order valence-electron chi connectivity index (χ1n) is 17.7. The number of hydrogen-bond donors (Lipinski definition) is 3. The minimum absolute atomic E-state index is 0.105. The Hall–Kier alpha value is -2.50. The molecule has 4 unspecified atom stereocenters. The molecule has 0 radical (unpaired) electrons. The van der Waals surface area contributed by atoms with Gasteiger partial charge in [0.2, 0.25) is 0 Å². The van der Waals surface area contributed by atoms with Crippen LogP contribution in [-0.2, 0) is 4.79 Å². The first-order valence-corrected chi connectivity index (χ1v) is 19.4. The van der Waals surface area contributed by atoms with Gasteiger partial charge in [0.1, 0.15) is 0 Å². The molecular formula is C41H59NO4Se. The predicted molar refractivity (Wildman–Crippen MR) is 197 cm³/mol. The number of aliphatic hydroxyl groups is 2. The first kappa shape index (κ1) is 38.9. The van der Waals surface area contributed by atoms with Crippen LogP contribution >= 0.6 is 0 Å². The zero-order valence-corrected chi connectivity index (χ0v) is 31.8. The summed E-state index contributed by atoms with van der Waals surface area (Å²) in [6, 6.07) is 16.7. The molecule has 4 atom stereocenters. The van der Waals surface area contributed by atoms with Crippen molar-refractivity contribution in [1.82, 2.24) is 0 Å². The van der Waals surface area contributed by atoms with Gasteiger partial charge in [0.25, 0.3) is 0 Å². The number of amides is 1. The molecule has 47 heavy (non-hydrogen) atoms. The van der Waals surface area contributed by atoms with Crippen molar-refractivity contribution in [3.8, 4) is 0 Å². The second-order valence-corrected chi connectivity index (χ2v) is 17.4. The summed E-state index contributed by atoms with van der Waals surface area (Å²) in [5.74, 6) is 1.83. The van der Waals surface area contributed by atoms with Gasteiger partial charge in [-0.05, 0) is 11.8 Å². The van der Waals surface area contributed by atoms with E-state index in [1.54, 1.807) is 13.0 Å². The number of para-hydroxylation sites is 1. The van der Waals surface area contributed by atoms with E-state index >= 15 is 0 Å². The summed E-state index contributed by atoms with van der Waals surface area (Å²) in [7, 11) is 0. The van der Waals surface area contributed by atoms with Crippen molar-refractivity contribution in [2.75, 3.05) is 5.32 Å². The molecule has 258 valence electrons. The Morgan fingerprint density at radius 1 is 0.830 bits per heavy atom. The van der Waals surface area contributed by atoms with E-state index in [-0.39, 0.29) is 18.1 Å². The van der Waals surface area contributed by atoms with Crippen LogP contribution in [0.15, 0.2) is 76.9 Å². The maximum atomic E-state index is 13.6. The molecule has 0 fully saturated rings. The van der Waals surface area contributed by atoms with Crippen molar-refractivity contribution < 1.29 is 19.8 Å². The first-order chi connectivity index (χ1) is 22.1. The Balaban J connectivity index is 1.65. The zero-order chi connectivity index (χ0) is 34.8. The SMILES string of the molecule is CC1=C(C)C(O)([Se]c2ccccc2C(=O)Nc2ccccc2)C(C)=C(CC(C)(O)CCCC(C)CCCC(C)CCCC(C)C)C1=O. The van der Waals surface area contributed by atoms with Gasteiger partial charge in [-0.15, -0.1) is 0 Å². The van der Waals surface area contributed by atoms with Crippen molar-refractivity contribution >= 4 is 36.8 Å². The average Bonchev–Trinajstić information content (AvgIpc) is 3.02. The summed E-state index contributed by atoms with van der Waals surface area (Å²) in [4.78, 5) is 26.9. The molecule has 3 N–H and O–H groups in total. The number of rotatable bonds is 18. The molecule has 0 spiro atoms. The van der Waals surface area contributed by atoms with Gasteiger partial charge in [-0.2, -0.15) is 0 Å². The van der Waals surface area contributed by atoms with Crippen LogP contribution in [0.4, 0.5) is 5.69 Å². The molecule has 0 bridgehead atoms. The Kier molecular flexibility index (Phi) is 14.7. The molecule has 1 aliphatic carbocycles. The number of ketones is 1.